The van der Waals surface area contributed by atoms with E-state index in [4.69, 9.17) is 15.7 Å². The van der Waals surface area contributed by atoms with Crippen LogP contribution in [-0.4, -0.2) is 27.9 Å². The summed E-state index contributed by atoms with van der Waals surface area (Å²) in [5.41, 5.74) is 6.88. The molecule has 1 heterocycles. The molecule has 6 heteroatoms. The van der Waals surface area contributed by atoms with Crippen molar-refractivity contribution in [3.63, 3.8) is 0 Å². The largest absolute Gasteiger partial charge is 0.497 e. The van der Waals surface area contributed by atoms with Gasteiger partial charge in [0.15, 0.2) is 5.84 Å². The molecule has 0 saturated heterocycles. The fourth-order valence-electron chi connectivity index (χ4n) is 1.51. The number of benzene rings is 1. The smallest absolute Gasteiger partial charge is 0.172 e. The van der Waals surface area contributed by atoms with E-state index in [1.54, 1.807) is 48.5 Å². The molecule has 0 spiro atoms. The van der Waals surface area contributed by atoms with Crippen molar-refractivity contribution in [1.29, 1.82) is 0 Å². The molecule has 6 nitrogen and oxygen atoms in total. The fraction of sp³-hybridized carbons (Fsp3) is 0.0909. The minimum Gasteiger partial charge on any atom is -0.497 e. The zero-order valence-corrected chi connectivity index (χ0v) is 9.24. The van der Waals surface area contributed by atoms with Crippen molar-refractivity contribution in [1.82, 2.24) is 9.78 Å². The third-order valence-electron chi connectivity index (χ3n) is 2.34. The number of rotatable bonds is 3. The Kier molecular flexibility index (Phi) is 2.95. The molecule has 2 rings (SSSR count). The molecule has 0 unspecified atom stereocenters. The molecule has 0 aliphatic heterocycles. The van der Waals surface area contributed by atoms with Gasteiger partial charge in [-0.15, -0.1) is 0 Å². The molecular formula is C11H12N4O2. The zero-order chi connectivity index (χ0) is 12.3. The molecule has 0 bridgehead atoms. The van der Waals surface area contributed by atoms with Crippen LogP contribution in [0.15, 0.2) is 41.8 Å². The van der Waals surface area contributed by atoms with Crippen LogP contribution in [0.4, 0.5) is 0 Å². The first kappa shape index (κ1) is 11.0. The Labute approximate surface area is 97.9 Å². The van der Waals surface area contributed by atoms with Gasteiger partial charge in [0.2, 0.25) is 0 Å². The van der Waals surface area contributed by atoms with Gasteiger partial charge in [0.25, 0.3) is 0 Å². The van der Waals surface area contributed by atoms with E-state index >= 15 is 0 Å². The van der Waals surface area contributed by atoms with Gasteiger partial charge in [0.05, 0.1) is 12.8 Å². The number of hydrogen-bond donors (Lipinski definition) is 2. The quantitative estimate of drug-likeness (QED) is 0.357. The van der Waals surface area contributed by atoms with Gasteiger partial charge in [0.1, 0.15) is 5.75 Å². The summed E-state index contributed by atoms with van der Waals surface area (Å²) in [6.45, 7) is 0. The Morgan fingerprint density at radius 1 is 1.53 bits per heavy atom. The standard InChI is InChI=1S/C11H12N4O2/c1-17-8-3-4-9(11(12)14-16)10(7-8)15-6-2-5-13-15/h2-7,16H,1H3,(H2,12,14). The Bertz CT molecular complexity index is 534. The Morgan fingerprint density at radius 3 is 2.94 bits per heavy atom. The summed E-state index contributed by atoms with van der Waals surface area (Å²) in [5.74, 6) is 0.697. The first-order chi connectivity index (χ1) is 8.26. The number of nitrogens with two attached hydrogens (primary N) is 1. The lowest BCUT2D eigenvalue weighted by atomic mass is 10.1. The average molecular weight is 232 g/mol. The number of methoxy groups -OCH3 is 1. The van der Waals surface area contributed by atoms with E-state index in [1.165, 1.54) is 0 Å². The summed E-state index contributed by atoms with van der Waals surface area (Å²) in [7, 11) is 1.57. The van der Waals surface area contributed by atoms with E-state index in [2.05, 4.69) is 10.3 Å². The summed E-state index contributed by atoms with van der Waals surface area (Å²) >= 11 is 0. The number of aromatic nitrogens is 2. The maximum absolute atomic E-state index is 8.74. The van der Waals surface area contributed by atoms with Crippen LogP contribution in [0.25, 0.3) is 5.69 Å². The highest BCUT2D eigenvalue weighted by atomic mass is 16.5. The van der Waals surface area contributed by atoms with E-state index in [0.29, 0.717) is 17.0 Å². The second-order valence-corrected chi connectivity index (χ2v) is 3.32. The van der Waals surface area contributed by atoms with Crippen LogP contribution in [0.2, 0.25) is 0 Å². The molecule has 88 valence electrons. The molecule has 1 aromatic heterocycles. The van der Waals surface area contributed by atoms with Gasteiger partial charge in [-0.2, -0.15) is 5.10 Å². The predicted molar refractivity (Wildman–Crippen MR) is 62.6 cm³/mol. The normalized spacial score (nSPS) is 11.5. The molecule has 0 aliphatic carbocycles. The fourth-order valence-corrected chi connectivity index (χ4v) is 1.51. The predicted octanol–water partition coefficient (Wildman–Crippen LogP) is 0.975. The van der Waals surface area contributed by atoms with Crippen molar-refractivity contribution in [3.05, 3.63) is 42.2 Å². The van der Waals surface area contributed by atoms with Gasteiger partial charge in [-0.25, -0.2) is 4.68 Å². The maximum Gasteiger partial charge on any atom is 0.172 e. The lowest BCUT2D eigenvalue weighted by Gasteiger charge is -2.10. The molecule has 0 aliphatic rings. The first-order valence-electron chi connectivity index (χ1n) is 4.92. The SMILES string of the molecule is COc1ccc(/C(N)=N/O)c(-n2cccn2)c1. The number of ether oxygens (including phenoxy) is 1. The van der Waals surface area contributed by atoms with Crippen molar-refractivity contribution < 1.29 is 9.94 Å². The Balaban J connectivity index is 2.60. The van der Waals surface area contributed by atoms with Gasteiger partial charge < -0.3 is 15.7 Å². The zero-order valence-electron chi connectivity index (χ0n) is 9.24. The highest BCUT2D eigenvalue weighted by Crippen LogP contribution is 2.20. The van der Waals surface area contributed by atoms with E-state index < -0.39 is 0 Å². The van der Waals surface area contributed by atoms with Gasteiger partial charge >= 0.3 is 0 Å². The summed E-state index contributed by atoms with van der Waals surface area (Å²) in [4.78, 5) is 0. The summed E-state index contributed by atoms with van der Waals surface area (Å²) in [5, 5.41) is 15.8. The van der Waals surface area contributed by atoms with Crippen LogP contribution in [-0.2, 0) is 0 Å². The molecule has 0 radical (unpaired) electrons. The van der Waals surface area contributed by atoms with Crippen LogP contribution >= 0.6 is 0 Å². The second kappa shape index (κ2) is 4.56. The van der Waals surface area contributed by atoms with E-state index in [9.17, 15) is 0 Å². The number of hydrogen-bond acceptors (Lipinski definition) is 4. The third kappa shape index (κ3) is 2.05. The molecule has 1 aromatic carbocycles. The van der Waals surface area contributed by atoms with Crippen molar-refractivity contribution in [3.8, 4) is 11.4 Å². The van der Waals surface area contributed by atoms with Gasteiger partial charge in [-0.05, 0) is 18.2 Å². The molecule has 2 aromatic rings. The summed E-state index contributed by atoms with van der Waals surface area (Å²) in [6.07, 6.45) is 3.42. The summed E-state index contributed by atoms with van der Waals surface area (Å²) < 4.78 is 6.76. The molecular weight excluding hydrogens is 220 g/mol. The average Bonchev–Trinajstić information content (AvgIpc) is 2.91. The van der Waals surface area contributed by atoms with Crippen LogP contribution < -0.4 is 10.5 Å². The van der Waals surface area contributed by atoms with Gasteiger partial charge in [-0.1, -0.05) is 5.16 Å². The van der Waals surface area contributed by atoms with Crippen molar-refractivity contribution in [2.75, 3.05) is 7.11 Å². The molecule has 0 amide bonds. The van der Waals surface area contributed by atoms with Crippen LogP contribution in [0, 0.1) is 0 Å². The highest BCUT2D eigenvalue weighted by molar-refractivity contribution is 6.00. The van der Waals surface area contributed by atoms with Gasteiger partial charge in [0, 0.05) is 24.0 Å². The second-order valence-electron chi connectivity index (χ2n) is 3.32. The van der Waals surface area contributed by atoms with Crippen LogP contribution in [0.5, 0.6) is 5.75 Å². The maximum atomic E-state index is 8.74. The molecule has 3 N–H and O–H groups in total. The van der Waals surface area contributed by atoms with E-state index in [0.717, 1.165) is 0 Å². The lowest BCUT2D eigenvalue weighted by Crippen LogP contribution is -2.16. The van der Waals surface area contributed by atoms with Crippen molar-refractivity contribution in [2.24, 2.45) is 10.9 Å². The van der Waals surface area contributed by atoms with Crippen molar-refractivity contribution >= 4 is 5.84 Å². The Hall–Kier alpha value is -2.50. The number of amidine groups is 1. The summed E-state index contributed by atoms with van der Waals surface area (Å²) in [6, 6.07) is 7.00. The third-order valence-corrected chi connectivity index (χ3v) is 2.34. The Morgan fingerprint density at radius 2 is 2.35 bits per heavy atom. The number of oxime groups is 1. The minimum absolute atomic E-state index is 0.0261. The number of nitrogens with zero attached hydrogens (tertiary/aromatic N) is 3. The molecule has 0 fully saturated rings. The minimum atomic E-state index is 0.0261. The monoisotopic (exact) mass is 232 g/mol. The first-order valence-corrected chi connectivity index (χ1v) is 4.92. The van der Waals surface area contributed by atoms with Crippen LogP contribution in [0.1, 0.15) is 5.56 Å². The van der Waals surface area contributed by atoms with Gasteiger partial charge in [-0.3, -0.25) is 0 Å². The van der Waals surface area contributed by atoms with Crippen molar-refractivity contribution in [2.45, 2.75) is 0 Å². The van der Waals surface area contributed by atoms with E-state index in [1.807, 2.05) is 0 Å². The lowest BCUT2D eigenvalue weighted by molar-refractivity contribution is 0.318. The molecule has 0 atom stereocenters. The van der Waals surface area contributed by atoms with E-state index in [-0.39, 0.29) is 5.84 Å². The highest BCUT2D eigenvalue weighted by Gasteiger charge is 2.10. The molecule has 0 saturated carbocycles. The van der Waals surface area contributed by atoms with Crippen LogP contribution in [0.3, 0.4) is 0 Å². The molecule has 17 heavy (non-hydrogen) atoms. The topological polar surface area (TPSA) is 85.7 Å².